The molecule has 8 nitrogen and oxygen atoms in total. The van der Waals surface area contributed by atoms with Crippen molar-refractivity contribution in [1.29, 1.82) is 0 Å². The van der Waals surface area contributed by atoms with Crippen LogP contribution in [0.15, 0.2) is 35.1 Å². The quantitative estimate of drug-likeness (QED) is 0.734. The minimum Gasteiger partial charge on any atom is -0.374 e. The molecule has 0 aliphatic carbocycles. The minimum absolute atomic E-state index is 0.0478. The molecule has 1 unspecified atom stereocenters. The van der Waals surface area contributed by atoms with Gasteiger partial charge in [-0.1, -0.05) is 23.7 Å². The molecule has 2 aromatic rings. The van der Waals surface area contributed by atoms with Gasteiger partial charge in [-0.2, -0.15) is 0 Å². The van der Waals surface area contributed by atoms with Crippen LogP contribution in [0.2, 0.25) is 0 Å². The molecule has 1 aromatic heterocycles. The van der Waals surface area contributed by atoms with Gasteiger partial charge in [-0.3, -0.25) is 19.8 Å². The number of nitrogens with zero attached hydrogens (tertiary/aromatic N) is 3. The first kappa shape index (κ1) is 20.4. The van der Waals surface area contributed by atoms with Gasteiger partial charge in [-0.25, -0.2) is 0 Å². The Hall–Kier alpha value is -2.87. The molecule has 2 N–H and O–H groups in total. The van der Waals surface area contributed by atoms with E-state index < -0.39 is 11.8 Å². The van der Waals surface area contributed by atoms with Crippen LogP contribution in [0.5, 0.6) is 0 Å². The first-order valence-corrected chi connectivity index (χ1v) is 10.7. The van der Waals surface area contributed by atoms with E-state index in [-0.39, 0.29) is 11.9 Å². The Bertz CT molecular complexity index is 877. The largest absolute Gasteiger partial charge is 0.374 e. The summed E-state index contributed by atoms with van der Waals surface area (Å²) in [7, 11) is 2.13. The molecule has 3 heterocycles. The number of anilines is 2. The topological polar surface area (TPSA) is 90.7 Å². The van der Waals surface area contributed by atoms with Crippen molar-refractivity contribution in [3.05, 3.63) is 41.7 Å². The minimum atomic E-state index is -0.742. The van der Waals surface area contributed by atoms with Crippen LogP contribution >= 0.6 is 0 Å². The lowest BCUT2D eigenvalue weighted by atomic mass is 9.95. The number of aromatic nitrogens is 1. The van der Waals surface area contributed by atoms with E-state index in [0.717, 1.165) is 45.3 Å². The summed E-state index contributed by atoms with van der Waals surface area (Å²) in [5, 5.41) is 8.86. The van der Waals surface area contributed by atoms with Gasteiger partial charge in [0.1, 0.15) is 6.26 Å². The number of carbonyl (C=O) groups is 2. The van der Waals surface area contributed by atoms with Gasteiger partial charge in [-0.15, -0.1) is 0 Å². The summed E-state index contributed by atoms with van der Waals surface area (Å²) in [5.41, 5.74) is 3.85. The van der Waals surface area contributed by atoms with E-state index >= 15 is 0 Å². The van der Waals surface area contributed by atoms with E-state index in [1.54, 1.807) is 0 Å². The molecule has 30 heavy (non-hydrogen) atoms. The van der Waals surface area contributed by atoms with Crippen molar-refractivity contribution >= 4 is 23.3 Å². The molecule has 160 valence electrons. The molecular formula is C22H29N5O3. The number of carbonyl (C=O) groups excluding carboxylic acids is 2. The summed E-state index contributed by atoms with van der Waals surface area (Å²) in [6.07, 6.45) is 7.13. The number of hydrogen-bond acceptors (Lipinski definition) is 6. The molecule has 0 spiro atoms. The lowest BCUT2D eigenvalue weighted by Gasteiger charge is -2.36. The van der Waals surface area contributed by atoms with Crippen molar-refractivity contribution < 1.29 is 14.1 Å². The number of benzene rings is 1. The van der Waals surface area contributed by atoms with E-state index in [1.165, 1.54) is 35.6 Å². The smallest absolute Gasteiger partial charge is 0.314 e. The first-order valence-electron chi connectivity index (χ1n) is 10.7. The number of piperidine rings is 1. The Kier molecular flexibility index (Phi) is 6.32. The van der Waals surface area contributed by atoms with Crippen LogP contribution in [-0.2, 0) is 16.0 Å². The zero-order valence-electron chi connectivity index (χ0n) is 17.4. The van der Waals surface area contributed by atoms with Crippen LogP contribution in [0.3, 0.4) is 0 Å². The standard InChI is InChI=1S/C22H29N5O3/c1-26-10-5-6-16-14-17(7-8-18(16)26)19(27-11-3-2-4-12-27)15-23-21(28)22(29)24-20-9-13-30-25-20/h7-9,13-14,19H,2-6,10-12,15H2,1H3,(H,23,28)(H,24,25,29). The third kappa shape index (κ3) is 4.64. The molecule has 0 bridgehead atoms. The van der Waals surface area contributed by atoms with Crippen LogP contribution in [0.25, 0.3) is 0 Å². The lowest BCUT2D eigenvalue weighted by Crippen LogP contribution is -2.43. The van der Waals surface area contributed by atoms with Crippen molar-refractivity contribution in [1.82, 2.24) is 15.4 Å². The number of rotatable bonds is 5. The summed E-state index contributed by atoms with van der Waals surface area (Å²) < 4.78 is 4.68. The second-order valence-corrected chi connectivity index (χ2v) is 8.07. The average molecular weight is 412 g/mol. The highest BCUT2D eigenvalue weighted by Gasteiger charge is 2.26. The average Bonchev–Trinajstić information content (AvgIpc) is 3.27. The predicted molar refractivity (Wildman–Crippen MR) is 114 cm³/mol. The number of hydrogen-bond donors (Lipinski definition) is 2. The van der Waals surface area contributed by atoms with Crippen molar-refractivity contribution in [2.45, 2.75) is 38.1 Å². The molecular weight excluding hydrogens is 382 g/mol. The second-order valence-electron chi connectivity index (χ2n) is 8.07. The molecule has 1 aromatic carbocycles. The van der Waals surface area contributed by atoms with Crippen LogP contribution in [-0.4, -0.2) is 55.1 Å². The SMILES string of the molecule is CN1CCCc2cc(C(CNC(=O)C(=O)Nc3ccon3)N3CCCCC3)ccc21. The molecule has 1 fully saturated rings. The van der Waals surface area contributed by atoms with Gasteiger partial charge in [0, 0.05) is 31.9 Å². The molecule has 1 saturated heterocycles. The van der Waals surface area contributed by atoms with Gasteiger partial charge < -0.3 is 14.7 Å². The lowest BCUT2D eigenvalue weighted by molar-refractivity contribution is -0.136. The van der Waals surface area contributed by atoms with E-state index in [4.69, 9.17) is 0 Å². The van der Waals surface area contributed by atoms with E-state index in [0.29, 0.717) is 6.54 Å². The summed E-state index contributed by atoms with van der Waals surface area (Å²) >= 11 is 0. The molecule has 2 aliphatic heterocycles. The first-order chi connectivity index (χ1) is 14.6. The van der Waals surface area contributed by atoms with Gasteiger partial charge in [0.25, 0.3) is 0 Å². The van der Waals surface area contributed by atoms with Crippen molar-refractivity contribution in [3.8, 4) is 0 Å². The Morgan fingerprint density at radius 2 is 1.93 bits per heavy atom. The molecule has 0 radical (unpaired) electrons. The summed E-state index contributed by atoms with van der Waals surface area (Å²) in [5.74, 6) is -1.19. The number of likely N-dealkylation sites (tertiary alicyclic amines) is 1. The van der Waals surface area contributed by atoms with Crippen LogP contribution < -0.4 is 15.5 Å². The predicted octanol–water partition coefficient (Wildman–Crippen LogP) is 2.34. The number of nitrogens with one attached hydrogen (secondary N) is 2. The molecule has 8 heteroatoms. The third-order valence-electron chi connectivity index (χ3n) is 6.01. The molecule has 0 saturated carbocycles. The van der Waals surface area contributed by atoms with Crippen molar-refractivity contribution in [2.24, 2.45) is 0 Å². The maximum absolute atomic E-state index is 12.4. The summed E-state index contributed by atoms with van der Waals surface area (Å²) in [6.45, 7) is 3.48. The van der Waals surface area contributed by atoms with E-state index in [9.17, 15) is 9.59 Å². The molecule has 2 amide bonds. The van der Waals surface area contributed by atoms with Gasteiger partial charge in [-0.05, 0) is 56.0 Å². The summed E-state index contributed by atoms with van der Waals surface area (Å²) in [6, 6.07) is 8.19. The second kappa shape index (κ2) is 9.30. The maximum Gasteiger partial charge on any atom is 0.314 e. The Labute approximate surface area is 176 Å². The highest BCUT2D eigenvalue weighted by atomic mass is 16.5. The monoisotopic (exact) mass is 411 g/mol. The van der Waals surface area contributed by atoms with E-state index in [1.807, 2.05) is 0 Å². The zero-order chi connectivity index (χ0) is 20.9. The molecule has 2 aliphatic rings. The highest BCUT2D eigenvalue weighted by Crippen LogP contribution is 2.31. The number of amides is 2. The molecule has 1 atom stereocenters. The Morgan fingerprint density at radius 3 is 2.70 bits per heavy atom. The van der Waals surface area contributed by atoms with Crippen molar-refractivity contribution in [3.63, 3.8) is 0 Å². The fourth-order valence-electron chi connectivity index (χ4n) is 4.42. The zero-order valence-corrected chi connectivity index (χ0v) is 17.4. The van der Waals surface area contributed by atoms with Gasteiger partial charge in [0.15, 0.2) is 5.82 Å². The van der Waals surface area contributed by atoms with Crippen molar-refractivity contribution in [2.75, 3.05) is 43.4 Å². The molecule has 4 rings (SSSR count). The van der Waals surface area contributed by atoms with Gasteiger partial charge in [0.2, 0.25) is 0 Å². The number of fused-ring (bicyclic) bond motifs is 1. The normalized spacial score (nSPS) is 17.8. The summed E-state index contributed by atoms with van der Waals surface area (Å²) in [4.78, 5) is 29.2. The fourth-order valence-corrected chi connectivity index (χ4v) is 4.42. The van der Waals surface area contributed by atoms with Gasteiger partial charge >= 0.3 is 11.8 Å². The fraction of sp³-hybridized carbons (Fsp3) is 0.500. The van der Waals surface area contributed by atoms with E-state index in [2.05, 4.69) is 55.4 Å². The highest BCUT2D eigenvalue weighted by molar-refractivity contribution is 6.39. The third-order valence-corrected chi connectivity index (χ3v) is 6.01. The number of aryl methyl sites for hydroxylation is 1. The van der Waals surface area contributed by atoms with Crippen LogP contribution in [0.4, 0.5) is 11.5 Å². The van der Waals surface area contributed by atoms with Crippen LogP contribution in [0, 0.1) is 0 Å². The van der Waals surface area contributed by atoms with Crippen LogP contribution in [0.1, 0.15) is 42.9 Å². The Balaban J connectivity index is 1.47. The van der Waals surface area contributed by atoms with Gasteiger partial charge in [0.05, 0.1) is 6.04 Å². The maximum atomic E-state index is 12.4. The Morgan fingerprint density at radius 1 is 1.10 bits per heavy atom.